The standard InChI is InChI=1S/C50H46FNO/c51-40-22-7-8-23-41(40)52(42-24-12-26-44-48(42)37-19-6-9-25-43(37)53-44)34-29-27-33(28-30-34)47-36-18-5-4-17-35(36)46(32-13-2-1-3-14-32)49-38-20-10-15-31-16-11-21-39(45(31)38)50(47)49/h1-3,6-9,12-14,17-19,22-31,38-39,45-47,49-50H,4-5,10-11,15-16,20-21H2. The van der Waals surface area contributed by atoms with Crippen molar-refractivity contribution >= 4 is 39.0 Å². The molecule has 53 heavy (non-hydrogen) atoms. The molecule has 4 fully saturated rings. The van der Waals surface area contributed by atoms with Crippen molar-refractivity contribution in [1.29, 1.82) is 0 Å². The van der Waals surface area contributed by atoms with Crippen LogP contribution in [-0.2, 0) is 0 Å². The van der Waals surface area contributed by atoms with Crippen LogP contribution in [0.25, 0.3) is 21.9 Å². The molecule has 11 rings (SSSR count). The second-order valence-electron chi connectivity index (χ2n) is 16.6. The number of hydrogen-bond acceptors (Lipinski definition) is 2. The van der Waals surface area contributed by atoms with E-state index in [1.807, 2.05) is 42.5 Å². The highest BCUT2D eigenvalue weighted by molar-refractivity contribution is 6.13. The second kappa shape index (κ2) is 12.6. The number of furan rings is 1. The Morgan fingerprint density at radius 3 is 1.85 bits per heavy atom. The van der Waals surface area contributed by atoms with Gasteiger partial charge in [-0.25, -0.2) is 4.39 Å². The van der Waals surface area contributed by atoms with Crippen molar-refractivity contribution in [3.63, 3.8) is 0 Å². The van der Waals surface area contributed by atoms with Crippen LogP contribution in [0.5, 0.6) is 0 Å². The molecule has 6 aromatic rings. The molecule has 1 heterocycles. The van der Waals surface area contributed by atoms with E-state index in [9.17, 15) is 0 Å². The summed E-state index contributed by atoms with van der Waals surface area (Å²) in [5, 5.41) is 2.04. The molecule has 3 heteroatoms. The lowest BCUT2D eigenvalue weighted by Crippen LogP contribution is -2.38. The quantitative estimate of drug-likeness (QED) is 0.178. The number of halogens is 1. The van der Waals surface area contributed by atoms with Gasteiger partial charge in [0, 0.05) is 22.9 Å². The maximum Gasteiger partial charge on any atom is 0.147 e. The van der Waals surface area contributed by atoms with Crippen molar-refractivity contribution in [3.8, 4) is 0 Å². The van der Waals surface area contributed by atoms with Crippen LogP contribution in [-0.4, -0.2) is 0 Å². The molecule has 264 valence electrons. The first kappa shape index (κ1) is 31.6. The molecule has 0 saturated heterocycles. The molecule has 0 radical (unpaired) electrons. The number of allylic oxidation sites excluding steroid dienone is 4. The largest absolute Gasteiger partial charge is 0.456 e. The topological polar surface area (TPSA) is 16.4 Å². The lowest BCUT2D eigenvalue weighted by Gasteiger charge is -2.48. The third-order valence-electron chi connectivity index (χ3n) is 14.2. The number of hydrogen-bond donors (Lipinski definition) is 0. The summed E-state index contributed by atoms with van der Waals surface area (Å²) in [7, 11) is 0. The van der Waals surface area contributed by atoms with Crippen LogP contribution >= 0.6 is 0 Å². The molecule has 0 N–H and O–H groups in total. The number of fused-ring (bicyclic) bond motifs is 7. The Morgan fingerprint density at radius 1 is 0.528 bits per heavy atom. The summed E-state index contributed by atoms with van der Waals surface area (Å²) < 4.78 is 22.2. The number of benzene rings is 5. The highest BCUT2D eigenvalue weighted by Crippen LogP contribution is 2.70. The Bertz CT molecular complexity index is 2380. The predicted octanol–water partition coefficient (Wildman–Crippen LogP) is 13.8. The van der Waals surface area contributed by atoms with Crippen molar-refractivity contribution in [1.82, 2.24) is 0 Å². The van der Waals surface area contributed by atoms with Gasteiger partial charge in [-0.15, -0.1) is 0 Å². The van der Waals surface area contributed by atoms with Gasteiger partial charge < -0.3 is 9.32 Å². The average molecular weight is 696 g/mol. The van der Waals surface area contributed by atoms with E-state index in [0.29, 0.717) is 29.4 Å². The molecule has 0 spiro atoms. The van der Waals surface area contributed by atoms with Crippen LogP contribution in [0.1, 0.15) is 74.3 Å². The Hall–Kier alpha value is -4.89. The highest BCUT2D eigenvalue weighted by Gasteiger charge is 2.61. The predicted molar refractivity (Wildman–Crippen MR) is 214 cm³/mol. The fourth-order valence-corrected chi connectivity index (χ4v) is 12.6. The highest BCUT2D eigenvalue weighted by atomic mass is 19.1. The summed E-state index contributed by atoms with van der Waals surface area (Å²) in [6.07, 6.45) is 15.9. The van der Waals surface area contributed by atoms with Gasteiger partial charge in [-0.3, -0.25) is 0 Å². The van der Waals surface area contributed by atoms with Crippen molar-refractivity contribution in [2.45, 2.75) is 63.2 Å². The van der Waals surface area contributed by atoms with Crippen molar-refractivity contribution < 1.29 is 8.81 Å². The molecule has 8 unspecified atom stereocenters. The SMILES string of the molecule is Fc1ccccc1N(c1ccc(C2C3=CCCC=C3C(c3ccccc3)C3C4CCCC5CCCC(C54)C23)cc1)c1cccc2oc3ccccc3c12. The number of nitrogens with zero attached hydrogens (tertiary/aromatic N) is 1. The van der Waals surface area contributed by atoms with Crippen LogP contribution in [0.4, 0.5) is 21.5 Å². The fourth-order valence-electron chi connectivity index (χ4n) is 12.6. The van der Waals surface area contributed by atoms with Crippen LogP contribution in [0.15, 0.2) is 149 Å². The molecular formula is C50H46FNO. The molecule has 0 aliphatic heterocycles. The number of anilines is 3. The van der Waals surface area contributed by atoms with E-state index in [1.54, 1.807) is 23.3 Å². The van der Waals surface area contributed by atoms with Crippen molar-refractivity contribution in [2.75, 3.05) is 4.90 Å². The molecule has 5 aliphatic rings. The minimum Gasteiger partial charge on any atom is -0.456 e. The van der Waals surface area contributed by atoms with E-state index in [1.165, 1.54) is 49.7 Å². The van der Waals surface area contributed by atoms with Gasteiger partial charge in [0.2, 0.25) is 0 Å². The molecule has 4 saturated carbocycles. The van der Waals surface area contributed by atoms with E-state index in [2.05, 4.69) is 83.8 Å². The van der Waals surface area contributed by atoms with Crippen LogP contribution in [0, 0.1) is 41.3 Å². The van der Waals surface area contributed by atoms with E-state index < -0.39 is 0 Å². The molecule has 8 atom stereocenters. The molecule has 2 nitrogen and oxygen atoms in total. The van der Waals surface area contributed by atoms with Gasteiger partial charge in [0.1, 0.15) is 17.0 Å². The molecule has 1 aromatic heterocycles. The lowest BCUT2D eigenvalue weighted by molar-refractivity contribution is 0.0803. The maximum atomic E-state index is 15.9. The molecule has 0 amide bonds. The van der Waals surface area contributed by atoms with Gasteiger partial charge >= 0.3 is 0 Å². The van der Waals surface area contributed by atoms with Crippen molar-refractivity contribution in [3.05, 3.63) is 162 Å². The maximum absolute atomic E-state index is 15.9. The van der Waals surface area contributed by atoms with Gasteiger partial charge in [-0.2, -0.15) is 0 Å². The Kier molecular flexibility index (Phi) is 7.53. The zero-order chi connectivity index (χ0) is 35.0. The van der Waals surface area contributed by atoms with E-state index in [-0.39, 0.29) is 5.82 Å². The molecule has 5 aliphatic carbocycles. The lowest BCUT2D eigenvalue weighted by atomic mass is 9.55. The van der Waals surface area contributed by atoms with Gasteiger partial charge in [0.15, 0.2) is 0 Å². The summed E-state index contributed by atoms with van der Waals surface area (Å²) in [6, 6.07) is 42.4. The van der Waals surface area contributed by atoms with Crippen LogP contribution in [0.3, 0.4) is 0 Å². The third kappa shape index (κ3) is 4.88. The average Bonchev–Trinajstić information content (AvgIpc) is 3.76. The van der Waals surface area contributed by atoms with Crippen molar-refractivity contribution in [2.24, 2.45) is 35.5 Å². The normalized spacial score (nSPS) is 28.8. The minimum atomic E-state index is -0.244. The first-order valence-corrected chi connectivity index (χ1v) is 20.2. The summed E-state index contributed by atoms with van der Waals surface area (Å²) in [6.45, 7) is 0. The van der Waals surface area contributed by atoms with Crippen LogP contribution in [0.2, 0.25) is 0 Å². The molecular weight excluding hydrogens is 650 g/mol. The Morgan fingerprint density at radius 2 is 1.13 bits per heavy atom. The molecule has 5 aromatic carbocycles. The summed E-state index contributed by atoms with van der Waals surface area (Å²) in [5.41, 5.74) is 10.2. The zero-order valence-electron chi connectivity index (χ0n) is 30.2. The van der Waals surface area contributed by atoms with Gasteiger partial charge in [-0.1, -0.05) is 117 Å². The molecule has 0 bridgehead atoms. The fraction of sp³-hybridized carbons (Fsp3) is 0.320. The Labute approximate surface area is 312 Å². The van der Waals surface area contributed by atoms with E-state index in [0.717, 1.165) is 69.8 Å². The first-order valence-electron chi connectivity index (χ1n) is 20.2. The summed E-state index contributed by atoms with van der Waals surface area (Å²) >= 11 is 0. The van der Waals surface area contributed by atoms with Gasteiger partial charge in [0.05, 0.1) is 16.8 Å². The monoisotopic (exact) mass is 695 g/mol. The zero-order valence-corrected chi connectivity index (χ0v) is 30.2. The third-order valence-corrected chi connectivity index (χ3v) is 14.2. The second-order valence-corrected chi connectivity index (χ2v) is 16.6. The Balaban J connectivity index is 1.07. The van der Waals surface area contributed by atoms with Crippen LogP contribution < -0.4 is 4.90 Å². The summed E-state index contributed by atoms with van der Waals surface area (Å²) in [5.74, 6) is 5.29. The minimum absolute atomic E-state index is 0.244. The summed E-state index contributed by atoms with van der Waals surface area (Å²) in [4.78, 5) is 2.10. The smallest absolute Gasteiger partial charge is 0.147 e. The number of rotatable bonds is 5. The van der Waals surface area contributed by atoms with Gasteiger partial charge in [-0.05, 0) is 126 Å². The van der Waals surface area contributed by atoms with E-state index >= 15 is 4.39 Å². The first-order chi connectivity index (χ1) is 26.2. The van der Waals surface area contributed by atoms with E-state index in [4.69, 9.17) is 4.42 Å². The van der Waals surface area contributed by atoms with Gasteiger partial charge in [0.25, 0.3) is 0 Å². The number of para-hydroxylation sites is 2.